The first-order valence-electron chi connectivity index (χ1n) is 6.41. The van der Waals surface area contributed by atoms with E-state index in [1.165, 1.54) is 0 Å². The first-order chi connectivity index (χ1) is 9.69. The van der Waals surface area contributed by atoms with E-state index in [4.69, 9.17) is 5.73 Å². The number of nitrogen functional groups attached to an aromatic ring is 1. The molecule has 0 spiro atoms. The molecule has 1 aromatic carbocycles. The van der Waals surface area contributed by atoms with Crippen molar-refractivity contribution in [2.45, 2.75) is 32.6 Å². The summed E-state index contributed by atoms with van der Waals surface area (Å²) in [5.41, 5.74) is 9.20. The summed E-state index contributed by atoms with van der Waals surface area (Å²) in [5, 5.41) is 0. The summed E-state index contributed by atoms with van der Waals surface area (Å²) < 4.78 is 27.2. The predicted octanol–water partition coefficient (Wildman–Crippen LogP) is 2.09. The number of nitrogens with zero attached hydrogens (tertiary/aromatic N) is 2. The van der Waals surface area contributed by atoms with Crippen molar-refractivity contribution in [3.8, 4) is 0 Å². The fraction of sp³-hybridized carbons (Fsp3) is 0.286. The molecular formula is C14H18N4O2S. The van der Waals surface area contributed by atoms with Gasteiger partial charge in [0.15, 0.2) is 0 Å². The van der Waals surface area contributed by atoms with E-state index in [0.717, 1.165) is 11.1 Å². The number of nitrogens with one attached hydrogen (secondary N) is 1. The number of aryl methyl sites for hydroxylation is 4. The molecule has 0 atom stereocenters. The van der Waals surface area contributed by atoms with Gasteiger partial charge >= 0.3 is 0 Å². The zero-order chi connectivity index (χ0) is 15.8. The SMILES string of the molecule is Cc1cc(C)nc(NS(=O)(=O)c2cc(C)c(C)cc2N)n1. The first kappa shape index (κ1) is 15.2. The van der Waals surface area contributed by atoms with Crippen LogP contribution in [0.15, 0.2) is 23.1 Å². The van der Waals surface area contributed by atoms with Gasteiger partial charge in [-0.15, -0.1) is 0 Å². The maximum Gasteiger partial charge on any atom is 0.266 e. The molecule has 0 radical (unpaired) electrons. The van der Waals surface area contributed by atoms with Gasteiger partial charge in [0.05, 0.1) is 5.69 Å². The predicted molar refractivity (Wildman–Crippen MR) is 82.6 cm³/mol. The molecule has 2 rings (SSSR count). The Morgan fingerprint density at radius 1 is 0.952 bits per heavy atom. The number of benzene rings is 1. The summed E-state index contributed by atoms with van der Waals surface area (Å²) in [5.74, 6) is 0.0464. The lowest BCUT2D eigenvalue weighted by Gasteiger charge is -2.12. The highest BCUT2D eigenvalue weighted by molar-refractivity contribution is 7.92. The van der Waals surface area contributed by atoms with Crippen molar-refractivity contribution >= 4 is 21.7 Å². The number of hydrogen-bond acceptors (Lipinski definition) is 5. The summed E-state index contributed by atoms with van der Waals surface area (Å²) in [6.45, 7) is 7.26. The van der Waals surface area contributed by atoms with Crippen molar-refractivity contribution in [1.29, 1.82) is 0 Å². The van der Waals surface area contributed by atoms with E-state index in [0.29, 0.717) is 11.4 Å². The summed E-state index contributed by atoms with van der Waals surface area (Å²) >= 11 is 0. The lowest BCUT2D eigenvalue weighted by molar-refractivity contribution is 0.601. The van der Waals surface area contributed by atoms with Crippen molar-refractivity contribution in [2.75, 3.05) is 10.5 Å². The molecule has 0 aliphatic rings. The molecular weight excluding hydrogens is 288 g/mol. The van der Waals surface area contributed by atoms with Crippen LogP contribution in [0.4, 0.5) is 11.6 Å². The Kier molecular flexibility index (Phi) is 3.87. The van der Waals surface area contributed by atoms with Crippen molar-refractivity contribution in [3.05, 3.63) is 40.7 Å². The van der Waals surface area contributed by atoms with E-state index in [9.17, 15) is 8.42 Å². The van der Waals surface area contributed by atoms with Crippen LogP contribution in [-0.2, 0) is 10.0 Å². The minimum Gasteiger partial charge on any atom is -0.398 e. The maximum absolute atomic E-state index is 12.4. The number of aromatic nitrogens is 2. The van der Waals surface area contributed by atoms with Crippen molar-refractivity contribution in [2.24, 2.45) is 0 Å². The van der Waals surface area contributed by atoms with E-state index < -0.39 is 10.0 Å². The van der Waals surface area contributed by atoms with Crippen LogP contribution >= 0.6 is 0 Å². The molecule has 6 nitrogen and oxygen atoms in total. The van der Waals surface area contributed by atoms with Crippen LogP contribution in [0.25, 0.3) is 0 Å². The summed E-state index contributed by atoms with van der Waals surface area (Å²) in [6, 6.07) is 4.96. The van der Waals surface area contributed by atoms with Crippen LogP contribution in [-0.4, -0.2) is 18.4 Å². The Morgan fingerprint density at radius 2 is 1.48 bits per heavy atom. The first-order valence-corrected chi connectivity index (χ1v) is 7.89. The molecule has 0 saturated heterocycles. The molecule has 0 aliphatic heterocycles. The van der Waals surface area contributed by atoms with Crippen LogP contribution in [0.5, 0.6) is 0 Å². The Morgan fingerprint density at radius 3 is 2.05 bits per heavy atom. The largest absolute Gasteiger partial charge is 0.398 e. The second kappa shape index (κ2) is 5.33. The quantitative estimate of drug-likeness (QED) is 0.846. The molecule has 0 aliphatic carbocycles. The molecule has 21 heavy (non-hydrogen) atoms. The topological polar surface area (TPSA) is 98.0 Å². The van der Waals surface area contributed by atoms with Crippen LogP contribution in [0, 0.1) is 27.7 Å². The molecule has 2 aromatic rings. The highest BCUT2D eigenvalue weighted by atomic mass is 32.2. The molecule has 0 saturated carbocycles. The molecule has 0 bridgehead atoms. The van der Waals surface area contributed by atoms with E-state index in [2.05, 4.69) is 14.7 Å². The summed E-state index contributed by atoms with van der Waals surface area (Å²) in [6.07, 6.45) is 0. The van der Waals surface area contributed by atoms with Gasteiger partial charge in [-0.25, -0.2) is 23.1 Å². The van der Waals surface area contributed by atoms with Gasteiger partial charge in [0.2, 0.25) is 5.95 Å². The number of sulfonamides is 1. The molecule has 1 aromatic heterocycles. The number of nitrogens with two attached hydrogens (primary N) is 1. The Balaban J connectivity index is 2.45. The van der Waals surface area contributed by atoms with Gasteiger partial charge in [-0.2, -0.15) is 0 Å². The molecule has 0 amide bonds. The van der Waals surface area contributed by atoms with E-state index in [-0.39, 0.29) is 16.5 Å². The maximum atomic E-state index is 12.4. The normalized spacial score (nSPS) is 11.4. The number of rotatable bonds is 3. The fourth-order valence-corrected chi connectivity index (χ4v) is 3.13. The van der Waals surface area contributed by atoms with Gasteiger partial charge in [-0.1, -0.05) is 0 Å². The van der Waals surface area contributed by atoms with Crippen molar-refractivity contribution < 1.29 is 8.42 Å². The van der Waals surface area contributed by atoms with Crippen LogP contribution in [0.3, 0.4) is 0 Å². The van der Waals surface area contributed by atoms with Gasteiger partial charge in [-0.3, -0.25) is 0 Å². The average molecular weight is 306 g/mol. The Hall–Kier alpha value is -2.15. The third-order valence-electron chi connectivity index (χ3n) is 3.12. The fourth-order valence-electron chi connectivity index (χ4n) is 1.99. The van der Waals surface area contributed by atoms with E-state index in [1.54, 1.807) is 32.0 Å². The van der Waals surface area contributed by atoms with Gasteiger partial charge in [-0.05, 0) is 57.0 Å². The van der Waals surface area contributed by atoms with Crippen LogP contribution < -0.4 is 10.5 Å². The van der Waals surface area contributed by atoms with Gasteiger partial charge in [0.1, 0.15) is 4.90 Å². The van der Waals surface area contributed by atoms with Gasteiger partial charge < -0.3 is 5.73 Å². The smallest absolute Gasteiger partial charge is 0.266 e. The minimum absolute atomic E-state index is 0.0355. The molecule has 1 heterocycles. The lowest BCUT2D eigenvalue weighted by Crippen LogP contribution is -2.17. The lowest BCUT2D eigenvalue weighted by atomic mass is 10.1. The highest BCUT2D eigenvalue weighted by Crippen LogP contribution is 2.24. The Bertz CT molecular complexity index is 781. The number of anilines is 2. The number of hydrogen-bond donors (Lipinski definition) is 2. The summed E-state index contributed by atoms with van der Waals surface area (Å²) in [7, 11) is -3.82. The molecule has 0 fully saturated rings. The second-order valence-electron chi connectivity index (χ2n) is 5.05. The zero-order valence-electron chi connectivity index (χ0n) is 12.4. The molecule has 0 unspecified atom stereocenters. The van der Waals surface area contributed by atoms with Crippen molar-refractivity contribution in [3.63, 3.8) is 0 Å². The van der Waals surface area contributed by atoms with E-state index >= 15 is 0 Å². The van der Waals surface area contributed by atoms with Gasteiger partial charge in [0, 0.05) is 11.4 Å². The Labute approximate surface area is 124 Å². The van der Waals surface area contributed by atoms with Crippen LogP contribution in [0.1, 0.15) is 22.5 Å². The average Bonchev–Trinajstić information content (AvgIpc) is 2.31. The van der Waals surface area contributed by atoms with E-state index in [1.807, 2.05) is 13.8 Å². The third-order valence-corrected chi connectivity index (χ3v) is 4.51. The third kappa shape index (κ3) is 3.30. The zero-order valence-corrected chi connectivity index (χ0v) is 13.2. The second-order valence-corrected chi connectivity index (χ2v) is 6.70. The molecule has 3 N–H and O–H groups in total. The van der Waals surface area contributed by atoms with Gasteiger partial charge in [0.25, 0.3) is 10.0 Å². The monoisotopic (exact) mass is 306 g/mol. The molecule has 7 heteroatoms. The summed E-state index contributed by atoms with van der Waals surface area (Å²) in [4.78, 5) is 8.18. The molecule has 112 valence electrons. The highest BCUT2D eigenvalue weighted by Gasteiger charge is 2.20. The minimum atomic E-state index is -3.82. The standard InChI is InChI=1S/C14H18N4O2S/c1-8-5-12(15)13(6-9(8)2)21(19,20)18-14-16-10(3)7-11(4)17-14/h5-7H,15H2,1-4H3,(H,16,17,18). The van der Waals surface area contributed by atoms with Crippen LogP contribution in [0.2, 0.25) is 0 Å². The van der Waals surface area contributed by atoms with Crippen molar-refractivity contribution in [1.82, 2.24) is 9.97 Å².